The second-order valence-electron chi connectivity index (χ2n) is 4.25. The van der Waals surface area contributed by atoms with E-state index in [2.05, 4.69) is 17.1 Å². The first kappa shape index (κ1) is 9.97. The van der Waals surface area contributed by atoms with Gasteiger partial charge in [0.15, 0.2) is 0 Å². The van der Waals surface area contributed by atoms with Gasteiger partial charge in [0, 0.05) is 18.3 Å². The lowest BCUT2D eigenvalue weighted by Gasteiger charge is -2.30. The Hall–Kier alpha value is -0.570. The number of aromatic nitrogens is 3. The monoisotopic (exact) mass is 213 g/mol. The summed E-state index contributed by atoms with van der Waals surface area (Å²) in [5.41, 5.74) is 1.10. The molecule has 1 saturated carbocycles. The number of aryl methyl sites for hydroxylation is 1. The molecular formula is C10H16ClN3. The SMILES string of the molecule is CC1CCC(Cl)CC1c1cnn(C)n1. The summed E-state index contributed by atoms with van der Waals surface area (Å²) in [6.07, 6.45) is 5.26. The minimum absolute atomic E-state index is 0.318. The minimum atomic E-state index is 0.318. The third-order valence-corrected chi connectivity index (χ3v) is 3.53. The largest absolute Gasteiger partial charge is 0.188 e. The van der Waals surface area contributed by atoms with Crippen LogP contribution in [0.4, 0.5) is 0 Å². The van der Waals surface area contributed by atoms with Gasteiger partial charge in [-0.2, -0.15) is 15.0 Å². The minimum Gasteiger partial charge on any atom is -0.188 e. The van der Waals surface area contributed by atoms with Crippen molar-refractivity contribution in [1.82, 2.24) is 15.0 Å². The van der Waals surface area contributed by atoms with E-state index in [4.69, 9.17) is 11.6 Å². The summed E-state index contributed by atoms with van der Waals surface area (Å²) in [4.78, 5) is 1.62. The molecule has 78 valence electrons. The number of rotatable bonds is 1. The van der Waals surface area contributed by atoms with Gasteiger partial charge in [0.25, 0.3) is 0 Å². The zero-order valence-corrected chi connectivity index (χ0v) is 9.41. The van der Waals surface area contributed by atoms with Crippen LogP contribution in [0.5, 0.6) is 0 Å². The summed E-state index contributed by atoms with van der Waals surface area (Å²) in [6, 6.07) is 0. The molecule has 4 heteroatoms. The molecule has 1 fully saturated rings. The van der Waals surface area contributed by atoms with E-state index < -0.39 is 0 Å². The summed E-state index contributed by atoms with van der Waals surface area (Å²) in [6.45, 7) is 2.28. The molecule has 3 nitrogen and oxygen atoms in total. The van der Waals surface area contributed by atoms with Gasteiger partial charge in [0.2, 0.25) is 0 Å². The summed E-state index contributed by atoms with van der Waals surface area (Å²) in [7, 11) is 1.86. The van der Waals surface area contributed by atoms with Gasteiger partial charge in [0.1, 0.15) is 0 Å². The molecule has 0 spiro atoms. The molecule has 0 amide bonds. The highest BCUT2D eigenvalue weighted by atomic mass is 35.5. The Morgan fingerprint density at radius 3 is 2.93 bits per heavy atom. The summed E-state index contributed by atoms with van der Waals surface area (Å²) in [5.74, 6) is 1.18. The zero-order valence-electron chi connectivity index (χ0n) is 8.65. The second-order valence-corrected chi connectivity index (χ2v) is 4.87. The molecular weight excluding hydrogens is 198 g/mol. The number of hydrogen-bond acceptors (Lipinski definition) is 2. The number of nitrogens with zero attached hydrogens (tertiary/aromatic N) is 3. The van der Waals surface area contributed by atoms with Gasteiger partial charge >= 0.3 is 0 Å². The lowest BCUT2D eigenvalue weighted by Crippen LogP contribution is -2.22. The molecule has 3 atom stereocenters. The first-order valence-electron chi connectivity index (χ1n) is 5.17. The topological polar surface area (TPSA) is 30.7 Å². The lowest BCUT2D eigenvalue weighted by atomic mass is 9.78. The fraction of sp³-hybridized carbons (Fsp3) is 0.800. The van der Waals surface area contributed by atoms with E-state index in [1.807, 2.05) is 13.2 Å². The van der Waals surface area contributed by atoms with Crippen LogP contribution in [0.25, 0.3) is 0 Å². The second kappa shape index (κ2) is 3.89. The van der Waals surface area contributed by atoms with Crippen molar-refractivity contribution in [2.45, 2.75) is 37.5 Å². The van der Waals surface area contributed by atoms with E-state index in [1.54, 1.807) is 4.80 Å². The van der Waals surface area contributed by atoms with E-state index in [9.17, 15) is 0 Å². The molecule has 0 saturated heterocycles. The van der Waals surface area contributed by atoms with Crippen LogP contribution in [0.1, 0.15) is 37.8 Å². The quantitative estimate of drug-likeness (QED) is 0.671. The molecule has 1 aliphatic carbocycles. The number of halogens is 1. The first-order chi connectivity index (χ1) is 6.66. The molecule has 1 aromatic rings. The molecule has 1 aromatic heterocycles. The van der Waals surface area contributed by atoms with Gasteiger partial charge in [-0.3, -0.25) is 0 Å². The molecule has 3 unspecified atom stereocenters. The van der Waals surface area contributed by atoms with Crippen molar-refractivity contribution in [2.75, 3.05) is 0 Å². The Balaban J connectivity index is 2.15. The van der Waals surface area contributed by atoms with E-state index in [1.165, 1.54) is 6.42 Å². The normalized spacial score (nSPS) is 33.2. The maximum atomic E-state index is 6.18. The van der Waals surface area contributed by atoms with Crippen LogP contribution < -0.4 is 0 Å². The number of alkyl halides is 1. The molecule has 0 aliphatic heterocycles. The highest BCUT2D eigenvalue weighted by molar-refractivity contribution is 6.20. The Morgan fingerprint density at radius 1 is 1.50 bits per heavy atom. The van der Waals surface area contributed by atoms with Crippen LogP contribution in [-0.2, 0) is 7.05 Å². The molecule has 0 aromatic carbocycles. The summed E-state index contributed by atoms with van der Waals surface area (Å²) in [5, 5.41) is 8.80. The Kier molecular flexibility index (Phi) is 2.77. The van der Waals surface area contributed by atoms with Crippen LogP contribution in [0.15, 0.2) is 6.20 Å². The predicted molar refractivity (Wildman–Crippen MR) is 56.4 cm³/mol. The molecule has 14 heavy (non-hydrogen) atoms. The van der Waals surface area contributed by atoms with Crippen LogP contribution in [-0.4, -0.2) is 20.4 Å². The Bertz CT molecular complexity index is 310. The van der Waals surface area contributed by atoms with Crippen LogP contribution in [0.2, 0.25) is 0 Å². The van der Waals surface area contributed by atoms with Gasteiger partial charge in [-0.1, -0.05) is 6.92 Å². The molecule has 1 aliphatic rings. The van der Waals surface area contributed by atoms with Crippen molar-refractivity contribution in [3.63, 3.8) is 0 Å². The highest BCUT2D eigenvalue weighted by Gasteiger charge is 2.29. The third-order valence-electron chi connectivity index (χ3n) is 3.13. The average molecular weight is 214 g/mol. The van der Waals surface area contributed by atoms with Crippen molar-refractivity contribution >= 4 is 11.6 Å². The molecule has 0 N–H and O–H groups in total. The van der Waals surface area contributed by atoms with E-state index in [0.717, 1.165) is 18.5 Å². The fourth-order valence-electron chi connectivity index (χ4n) is 2.21. The summed E-state index contributed by atoms with van der Waals surface area (Å²) < 4.78 is 0. The predicted octanol–water partition coefficient (Wildman–Crippen LogP) is 2.33. The maximum absolute atomic E-state index is 6.18. The number of hydrogen-bond donors (Lipinski definition) is 0. The highest BCUT2D eigenvalue weighted by Crippen LogP contribution is 2.38. The maximum Gasteiger partial charge on any atom is 0.0861 e. The van der Waals surface area contributed by atoms with E-state index in [0.29, 0.717) is 17.2 Å². The Labute approximate surface area is 89.4 Å². The van der Waals surface area contributed by atoms with Crippen molar-refractivity contribution in [1.29, 1.82) is 0 Å². The van der Waals surface area contributed by atoms with Crippen LogP contribution in [0, 0.1) is 5.92 Å². The van der Waals surface area contributed by atoms with E-state index >= 15 is 0 Å². The summed E-state index contributed by atoms with van der Waals surface area (Å²) >= 11 is 6.18. The lowest BCUT2D eigenvalue weighted by molar-refractivity contribution is 0.328. The standard InChI is InChI=1S/C10H16ClN3/c1-7-3-4-8(11)5-9(7)10-6-12-14(2)13-10/h6-9H,3-5H2,1-2H3. The molecule has 0 radical (unpaired) electrons. The smallest absolute Gasteiger partial charge is 0.0861 e. The van der Waals surface area contributed by atoms with Crippen LogP contribution >= 0.6 is 11.6 Å². The molecule has 0 bridgehead atoms. The average Bonchev–Trinajstić information content (AvgIpc) is 2.56. The molecule has 1 heterocycles. The van der Waals surface area contributed by atoms with Crippen molar-refractivity contribution in [3.05, 3.63) is 11.9 Å². The van der Waals surface area contributed by atoms with Crippen LogP contribution in [0.3, 0.4) is 0 Å². The van der Waals surface area contributed by atoms with Gasteiger partial charge < -0.3 is 0 Å². The van der Waals surface area contributed by atoms with Gasteiger partial charge in [-0.25, -0.2) is 0 Å². The van der Waals surface area contributed by atoms with Crippen molar-refractivity contribution in [2.24, 2.45) is 13.0 Å². The first-order valence-corrected chi connectivity index (χ1v) is 5.60. The molecule has 2 rings (SSSR count). The van der Waals surface area contributed by atoms with Gasteiger partial charge in [-0.05, 0) is 25.2 Å². The van der Waals surface area contributed by atoms with E-state index in [-0.39, 0.29) is 0 Å². The fourth-order valence-corrected chi connectivity index (χ4v) is 2.53. The van der Waals surface area contributed by atoms with Crippen molar-refractivity contribution < 1.29 is 0 Å². The Morgan fingerprint density at radius 2 is 2.29 bits per heavy atom. The van der Waals surface area contributed by atoms with Crippen molar-refractivity contribution in [3.8, 4) is 0 Å². The third kappa shape index (κ3) is 1.92. The zero-order chi connectivity index (χ0) is 10.1. The van der Waals surface area contributed by atoms with Gasteiger partial charge in [0.05, 0.1) is 11.9 Å². The van der Waals surface area contributed by atoms with Gasteiger partial charge in [-0.15, -0.1) is 11.6 Å².